The third-order valence-corrected chi connectivity index (χ3v) is 5.27. The summed E-state index contributed by atoms with van der Waals surface area (Å²) in [6, 6.07) is 15.1. The maximum Gasteiger partial charge on any atom is 0.338 e. The second-order valence-corrected chi connectivity index (χ2v) is 8.15. The third-order valence-electron chi connectivity index (χ3n) is 5.27. The average molecular weight is 503 g/mol. The van der Waals surface area contributed by atoms with E-state index >= 15 is 4.39 Å². The Morgan fingerprint density at radius 3 is 1.89 bits per heavy atom. The van der Waals surface area contributed by atoms with E-state index in [9.17, 15) is 9.59 Å². The van der Waals surface area contributed by atoms with Crippen molar-refractivity contribution in [2.45, 2.75) is 13.8 Å². The second-order valence-electron chi connectivity index (χ2n) is 8.15. The van der Waals surface area contributed by atoms with Crippen molar-refractivity contribution in [2.24, 2.45) is 0 Å². The molecule has 6 nitrogen and oxygen atoms in total. The fourth-order valence-corrected chi connectivity index (χ4v) is 3.23. The van der Waals surface area contributed by atoms with Crippen molar-refractivity contribution in [1.82, 2.24) is 0 Å². The van der Waals surface area contributed by atoms with E-state index in [1.807, 2.05) is 12.1 Å². The highest BCUT2D eigenvalue weighted by molar-refractivity contribution is 5.91. The maximum absolute atomic E-state index is 15.9. The fourth-order valence-electron chi connectivity index (χ4n) is 3.23. The molecule has 0 unspecified atom stereocenters. The van der Waals surface area contributed by atoms with Crippen LogP contribution in [0.2, 0.25) is 0 Å². The van der Waals surface area contributed by atoms with Crippen LogP contribution in [0.4, 0.5) is 4.39 Å². The lowest BCUT2D eigenvalue weighted by molar-refractivity contribution is -0.131. The first kappa shape index (κ1) is 26.9. The van der Waals surface area contributed by atoms with E-state index in [0.29, 0.717) is 11.3 Å². The van der Waals surface area contributed by atoms with Crippen molar-refractivity contribution in [3.05, 3.63) is 95.8 Å². The molecule has 190 valence electrons. The molecule has 0 N–H and O–H groups in total. The van der Waals surface area contributed by atoms with Gasteiger partial charge in [0.2, 0.25) is 0 Å². The zero-order chi connectivity index (χ0) is 27.1. The highest BCUT2D eigenvalue weighted by Gasteiger charge is 2.23. The van der Waals surface area contributed by atoms with Gasteiger partial charge in [-0.2, -0.15) is 0 Å². The first-order valence-electron chi connectivity index (χ1n) is 11.2. The van der Waals surface area contributed by atoms with E-state index in [2.05, 4.69) is 13.2 Å². The van der Waals surface area contributed by atoms with E-state index in [1.54, 1.807) is 62.6 Å². The Hall–Kier alpha value is -4.65. The van der Waals surface area contributed by atoms with Gasteiger partial charge < -0.3 is 18.9 Å². The molecule has 0 fully saturated rings. The Morgan fingerprint density at radius 2 is 1.35 bits per heavy atom. The summed E-state index contributed by atoms with van der Waals surface area (Å²) >= 11 is 0. The van der Waals surface area contributed by atoms with Crippen molar-refractivity contribution in [2.75, 3.05) is 14.2 Å². The maximum atomic E-state index is 15.9. The zero-order valence-electron chi connectivity index (χ0n) is 21.1. The molecule has 0 atom stereocenters. The number of halogens is 1. The van der Waals surface area contributed by atoms with E-state index in [-0.39, 0.29) is 39.5 Å². The lowest BCUT2D eigenvalue weighted by Gasteiger charge is -2.16. The summed E-state index contributed by atoms with van der Waals surface area (Å²) in [5, 5.41) is 0. The summed E-state index contributed by atoms with van der Waals surface area (Å²) in [6.07, 6.45) is 3.24. The summed E-state index contributed by atoms with van der Waals surface area (Å²) in [7, 11) is 2.99. The van der Waals surface area contributed by atoms with Gasteiger partial charge in [0.05, 0.1) is 19.8 Å². The average Bonchev–Trinajstić information content (AvgIpc) is 2.89. The van der Waals surface area contributed by atoms with Crippen LogP contribution in [0, 0.1) is 5.82 Å². The number of ether oxygens (including phenoxy) is 4. The van der Waals surface area contributed by atoms with Gasteiger partial charge in [-0.15, -0.1) is 0 Å². The summed E-state index contributed by atoms with van der Waals surface area (Å²) in [5.74, 6) is -1.21. The number of carbonyl (C=O) groups excluding carboxylic acids is 2. The number of hydrogen-bond donors (Lipinski definition) is 0. The van der Waals surface area contributed by atoms with Crippen molar-refractivity contribution in [1.29, 1.82) is 0 Å². The molecule has 0 spiro atoms. The van der Waals surface area contributed by atoms with Gasteiger partial charge in [0.1, 0.15) is 17.2 Å². The summed E-state index contributed by atoms with van der Waals surface area (Å²) in [5.41, 5.74) is 2.03. The van der Waals surface area contributed by atoms with Gasteiger partial charge in [0.15, 0.2) is 11.6 Å². The molecule has 0 aliphatic heterocycles. The minimum absolute atomic E-state index is 0.0959. The van der Waals surface area contributed by atoms with Crippen LogP contribution in [-0.2, 0) is 9.59 Å². The normalized spacial score (nSPS) is 10.6. The van der Waals surface area contributed by atoms with Crippen LogP contribution >= 0.6 is 0 Å². The number of benzene rings is 3. The van der Waals surface area contributed by atoms with Gasteiger partial charge in [-0.05, 0) is 61.4 Å². The fraction of sp³-hybridized carbons (Fsp3) is 0.133. The molecule has 0 aliphatic rings. The second kappa shape index (κ2) is 11.9. The minimum Gasteiger partial charge on any atom is -0.497 e. The molecule has 7 heteroatoms. The van der Waals surface area contributed by atoms with Gasteiger partial charge in [-0.25, -0.2) is 14.0 Å². The number of rotatable bonds is 9. The predicted octanol–water partition coefficient (Wildman–Crippen LogP) is 6.64. The molecule has 0 aliphatic carbocycles. The van der Waals surface area contributed by atoms with Crippen LogP contribution in [-0.4, -0.2) is 26.2 Å². The van der Waals surface area contributed by atoms with Gasteiger partial charge in [-0.1, -0.05) is 43.5 Å². The third kappa shape index (κ3) is 6.52. The van der Waals surface area contributed by atoms with Gasteiger partial charge in [0.25, 0.3) is 0 Å². The Bertz CT molecular complexity index is 1370. The largest absolute Gasteiger partial charge is 0.497 e. The lowest BCUT2D eigenvalue weighted by atomic mass is 10.00. The highest BCUT2D eigenvalue weighted by Crippen LogP contribution is 2.41. The van der Waals surface area contributed by atoms with E-state index in [1.165, 1.54) is 20.1 Å². The van der Waals surface area contributed by atoms with Crippen molar-refractivity contribution < 1.29 is 32.9 Å². The van der Waals surface area contributed by atoms with Gasteiger partial charge >= 0.3 is 11.9 Å². The molecule has 0 aromatic heterocycles. The molecule has 37 heavy (non-hydrogen) atoms. The zero-order valence-corrected chi connectivity index (χ0v) is 21.1. The number of carbonyl (C=O) groups is 2. The molecular formula is C30H27FO6. The van der Waals surface area contributed by atoms with E-state index in [0.717, 1.165) is 5.56 Å². The Labute approximate surface area is 215 Å². The summed E-state index contributed by atoms with van der Waals surface area (Å²) < 4.78 is 37.2. The first-order valence-corrected chi connectivity index (χ1v) is 11.2. The monoisotopic (exact) mass is 502 g/mol. The van der Waals surface area contributed by atoms with Crippen LogP contribution < -0.4 is 18.9 Å². The molecule has 3 aromatic carbocycles. The molecule has 0 bridgehead atoms. The molecule has 0 saturated carbocycles. The summed E-state index contributed by atoms with van der Waals surface area (Å²) in [4.78, 5) is 24.2. The predicted molar refractivity (Wildman–Crippen MR) is 141 cm³/mol. The molecule has 3 rings (SSSR count). The lowest BCUT2D eigenvalue weighted by Crippen LogP contribution is -2.11. The van der Waals surface area contributed by atoms with Gasteiger partial charge in [0, 0.05) is 16.7 Å². The van der Waals surface area contributed by atoms with Crippen molar-refractivity contribution >= 4 is 24.1 Å². The Kier molecular flexibility index (Phi) is 8.64. The molecular weight excluding hydrogens is 475 g/mol. The highest BCUT2D eigenvalue weighted by atomic mass is 19.1. The smallest absolute Gasteiger partial charge is 0.338 e. The standard InChI is InChI=1S/C30H27FO6/c1-18(2)29(32)36-23-14-10-21(11-15-23)25-17-26(35-6)24(27(31)28(25)37-30(33)19(3)4)16-9-20-7-12-22(34-5)13-8-20/h7-17H,1,3H2,2,4-6H3/b16-9+. The van der Waals surface area contributed by atoms with E-state index in [4.69, 9.17) is 18.9 Å². The first-order chi connectivity index (χ1) is 17.6. The molecule has 3 aromatic rings. The van der Waals surface area contributed by atoms with E-state index < -0.39 is 17.8 Å². The van der Waals surface area contributed by atoms with Crippen LogP contribution in [0.15, 0.2) is 78.9 Å². The minimum atomic E-state index is -0.786. The van der Waals surface area contributed by atoms with Crippen molar-refractivity contribution in [3.63, 3.8) is 0 Å². The van der Waals surface area contributed by atoms with Gasteiger partial charge in [-0.3, -0.25) is 0 Å². The van der Waals surface area contributed by atoms with Crippen LogP contribution in [0.25, 0.3) is 23.3 Å². The molecule has 0 amide bonds. The quantitative estimate of drug-likeness (QED) is 0.141. The number of hydrogen-bond acceptors (Lipinski definition) is 6. The number of methoxy groups -OCH3 is 2. The van der Waals surface area contributed by atoms with Crippen LogP contribution in [0.5, 0.6) is 23.0 Å². The Balaban J connectivity index is 2.09. The SMILES string of the molecule is C=C(C)C(=O)Oc1ccc(-c2cc(OC)c(/C=C/c3ccc(OC)cc3)c(F)c2OC(=O)C(=C)C)cc1. The van der Waals surface area contributed by atoms with Crippen LogP contribution in [0.3, 0.4) is 0 Å². The number of esters is 2. The molecule has 0 saturated heterocycles. The molecule has 0 heterocycles. The Morgan fingerprint density at radius 1 is 0.784 bits per heavy atom. The molecule has 0 radical (unpaired) electrons. The topological polar surface area (TPSA) is 71.1 Å². The summed E-state index contributed by atoms with van der Waals surface area (Å²) in [6.45, 7) is 10.1. The van der Waals surface area contributed by atoms with Crippen molar-refractivity contribution in [3.8, 4) is 34.1 Å². The van der Waals surface area contributed by atoms with Crippen LogP contribution in [0.1, 0.15) is 25.0 Å².